The van der Waals surface area contributed by atoms with Crippen LogP contribution in [0.4, 0.5) is 5.82 Å². The first kappa shape index (κ1) is 74.7. The van der Waals surface area contributed by atoms with E-state index in [9.17, 15) is 0 Å². The van der Waals surface area contributed by atoms with Crippen LogP contribution in [0.1, 0.15) is 97.7 Å². The Kier molecular flexibility index (Phi) is 22.6. The number of aromatic nitrogens is 19. The van der Waals surface area contributed by atoms with Crippen molar-refractivity contribution in [1.29, 1.82) is 0 Å². The Balaban J connectivity index is 0.000000110. The van der Waals surface area contributed by atoms with Gasteiger partial charge in [-0.2, -0.15) is 0 Å². The van der Waals surface area contributed by atoms with E-state index in [0.29, 0.717) is 5.65 Å². The van der Waals surface area contributed by atoms with Gasteiger partial charge in [-0.15, -0.1) is 0 Å². The van der Waals surface area contributed by atoms with E-state index in [1.165, 1.54) is 5.56 Å². The highest BCUT2D eigenvalue weighted by molar-refractivity contribution is 9.11. The first-order chi connectivity index (χ1) is 56.0. The molecule has 1 aliphatic rings. The molecule has 1 aliphatic heterocycles. The number of rotatable bonds is 14. The van der Waals surface area contributed by atoms with E-state index in [1.807, 2.05) is 260 Å². The molecule has 4 atom stereocenters. The molecule has 0 radical (unpaired) electrons. The highest BCUT2D eigenvalue weighted by atomic mass is 79.9. The SMILES string of the molecule is Brc1cnc2c(c1)CC=N2.Brc1cnc2c(c1)ncn2C(c1ccccc1)c1ccccn1.Brc1cnc2ncn(C(c3ccccc3)c3ccccn3)c2c1.Cc1noc(C)c1-c1cnc2c(c1)ncn2C(c1ccccc1)c1ccccn1.Cc1noc(C)c1-c1cnc2ncn(C(c3ccccc3)c3ccccn3)c2c1. The van der Waals surface area contributed by atoms with Gasteiger partial charge in [-0.1, -0.05) is 156 Å². The van der Waals surface area contributed by atoms with Crippen molar-refractivity contribution in [2.45, 2.75) is 58.3 Å². The average Bonchev–Trinajstić information content (AvgIpc) is 1.62. The zero-order valence-corrected chi connectivity index (χ0v) is 66.6. The average molecular weight is 1690 g/mol. The maximum atomic E-state index is 5.35. The maximum absolute atomic E-state index is 5.35. The van der Waals surface area contributed by atoms with Gasteiger partial charge in [-0.3, -0.25) is 19.9 Å². The van der Waals surface area contributed by atoms with E-state index in [-0.39, 0.29) is 24.2 Å². The molecule has 0 fully saturated rings. The largest absolute Gasteiger partial charge is 0.361 e. The Morgan fingerprint density at radius 2 is 0.693 bits per heavy atom. The second kappa shape index (κ2) is 34.5. The van der Waals surface area contributed by atoms with Gasteiger partial charge in [0.1, 0.15) is 46.7 Å². The monoisotopic (exact) mass is 1690 g/mol. The van der Waals surface area contributed by atoms with Gasteiger partial charge in [0.15, 0.2) is 28.4 Å². The number of hydrogen-bond donors (Lipinski definition) is 0. The van der Waals surface area contributed by atoms with Crippen LogP contribution in [0.25, 0.3) is 66.9 Å². The van der Waals surface area contributed by atoms with Gasteiger partial charge in [0.2, 0.25) is 0 Å². The Labute approximate surface area is 680 Å². The molecule has 0 bridgehead atoms. The topological polar surface area (TPSA) is 252 Å². The second-order valence-corrected chi connectivity index (χ2v) is 29.3. The van der Waals surface area contributed by atoms with Crippen molar-refractivity contribution in [3.63, 3.8) is 0 Å². The molecule has 22 nitrogen and oxygen atoms in total. The van der Waals surface area contributed by atoms with Crippen molar-refractivity contribution in [3.05, 3.63) is 392 Å². The van der Waals surface area contributed by atoms with Crippen LogP contribution in [0.3, 0.4) is 0 Å². The second-order valence-electron chi connectivity index (χ2n) is 26.6. The van der Waals surface area contributed by atoms with Gasteiger partial charge in [-0.05, 0) is 177 Å². The van der Waals surface area contributed by atoms with Crippen molar-refractivity contribution in [2.75, 3.05) is 0 Å². The van der Waals surface area contributed by atoms with Crippen LogP contribution in [-0.4, -0.2) is 99.6 Å². The number of pyridine rings is 9. The Morgan fingerprint density at radius 3 is 1.13 bits per heavy atom. The summed E-state index contributed by atoms with van der Waals surface area (Å²) in [6, 6.07) is 74.9. The molecule has 16 heterocycles. The Bertz CT molecular complexity index is 6270. The molecule has 0 saturated carbocycles. The van der Waals surface area contributed by atoms with Crippen molar-refractivity contribution in [2.24, 2.45) is 4.99 Å². The van der Waals surface area contributed by atoms with Gasteiger partial charge < -0.3 is 27.3 Å². The van der Waals surface area contributed by atoms with Gasteiger partial charge in [0.25, 0.3) is 0 Å². The van der Waals surface area contributed by atoms with E-state index in [4.69, 9.17) is 14.0 Å². The summed E-state index contributed by atoms with van der Waals surface area (Å²) in [6.45, 7) is 7.69. The molecule has 0 amide bonds. The van der Waals surface area contributed by atoms with E-state index < -0.39 is 0 Å². The number of nitrogens with zero attached hydrogens (tertiary/aromatic N) is 20. The summed E-state index contributed by atoms with van der Waals surface area (Å²) >= 11 is 10.3. The fraction of sp³-hybridized carbons (Fsp3) is 0.101. The molecule has 25 heteroatoms. The fourth-order valence-corrected chi connectivity index (χ4v) is 15.0. The number of hydrogen-bond acceptors (Lipinski definition) is 18. The number of halogens is 3. The molecule has 20 rings (SSSR count). The number of aliphatic imine (C=N–C) groups is 1. The number of benzene rings is 4. The zero-order chi connectivity index (χ0) is 77.9. The van der Waals surface area contributed by atoms with E-state index in [0.717, 1.165) is 155 Å². The highest BCUT2D eigenvalue weighted by Crippen LogP contribution is 2.37. The molecule has 4 unspecified atom stereocenters. The van der Waals surface area contributed by atoms with Crippen LogP contribution in [-0.2, 0) is 6.42 Å². The van der Waals surface area contributed by atoms with E-state index in [2.05, 4.69) is 202 Å². The molecule has 0 aliphatic carbocycles. The molecule has 4 aromatic carbocycles. The lowest BCUT2D eigenvalue weighted by Crippen LogP contribution is -2.13. The predicted octanol–water partition coefficient (Wildman–Crippen LogP) is 20.0. The fourth-order valence-electron chi connectivity index (χ4n) is 14.0. The number of imidazole rings is 4. The van der Waals surface area contributed by atoms with Crippen LogP contribution < -0.4 is 0 Å². The lowest BCUT2D eigenvalue weighted by molar-refractivity contribution is 0.393. The number of fused-ring (bicyclic) bond motifs is 5. The van der Waals surface area contributed by atoms with Gasteiger partial charge in [0, 0.05) is 110 Å². The van der Waals surface area contributed by atoms with Gasteiger partial charge in [-0.25, -0.2) is 49.8 Å². The molecule has 15 aromatic heterocycles. The van der Waals surface area contributed by atoms with Crippen molar-refractivity contribution >= 4 is 104 Å². The summed E-state index contributed by atoms with van der Waals surface area (Å²) in [4.78, 5) is 62.9. The minimum Gasteiger partial charge on any atom is -0.361 e. The molecular formula is C89H69Br3N20O2. The highest BCUT2D eigenvalue weighted by Gasteiger charge is 2.26. The third kappa shape index (κ3) is 16.4. The standard InChI is InChI=1S/2C23H19N5O.2C18H13BrN4.C7H5BrN2/c1-15-21(16(2)29-27-15)18-12-20-23(25-13-18)26-14-28(20)22(17-8-4-3-5-9-17)19-10-6-7-11-24-19;1-15-21(16(2)29-27-15)18-12-20-23(25-13-18)28(14-26-20)22(17-8-4-3-5-9-17)19-10-6-7-11-24-19;19-14-10-16-18(21-11-14)22-12-23(16)17(13-6-2-1-3-7-13)15-8-4-5-9-20-15;19-14-10-16-18(21-11-14)23(12-22-16)17(13-6-2-1-3-7-13)15-8-4-5-9-20-15;8-6-3-5-1-2-9-7(5)10-4-6/h2*3-14,22H,1-2H3;2*1-12,17H;2-4H,1H2. The molecular weight excluding hydrogens is 1620 g/mol. The smallest absolute Gasteiger partial charge is 0.177 e. The lowest BCUT2D eigenvalue weighted by Gasteiger charge is -2.19. The lowest BCUT2D eigenvalue weighted by atomic mass is 10.0. The molecule has 0 N–H and O–H groups in total. The minimum atomic E-state index is -0.111. The quantitative estimate of drug-likeness (QED) is 0.0981. The minimum absolute atomic E-state index is 0.0431. The summed E-state index contributed by atoms with van der Waals surface area (Å²) in [7, 11) is 0. The van der Waals surface area contributed by atoms with Crippen LogP contribution in [0.15, 0.2) is 333 Å². The van der Waals surface area contributed by atoms with Gasteiger partial charge in [0.05, 0.1) is 70.5 Å². The Hall–Kier alpha value is -13.4. The van der Waals surface area contributed by atoms with E-state index in [1.54, 1.807) is 18.6 Å². The van der Waals surface area contributed by atoms with Crippen molar-refractivity contribution in [3.8, 4) is 22.3 Å². The van der Waals surface area contributed by atoms with Crippen molar-refractivity contribution in [1.82, 2.24) is 93.4 Å². The molecule has 114 heavy (non-hydrogen) atoms. The summed E-state index contributed by atoms with van der Waals surface area (Å²) in [6.07, 6.45) is 26.4. The Morgan fingerprint density at radius 1 is 0.333 bits per heavy atom. The predicted molar refractivity (Wildman–Crippen MR) is 451 cm³/mol. The molecule has 558 valence electrons. The third-order valence-electron chi connectivity index (χ3n) is 19.1. The summed E-state index contributed by atoms with van der Waals surface area (Å²) in [5.41, 5.74) is 21.8. The molecule has 0 saturated heterocycles. The zero-order valence-electron chi connectivity index (χ0n) is 61.9. The van der Waals surface area contributed by atoms with Crippen LogP contribution in [0.5, 0.6) is 0 Å². The number of aryl methyl sites for hydroxylation is 4. The first-order valence-corrected chi connectivity index (χ1v) is 38.8. The van der Waals surface area contributed by atoms with Gasteiger partial charge >= 0.3 is 0 Å². The maximum Gasteiger partial charge on any atom is 0.177 e. The summed E-state index contributed by atoms with van der Waals surface area (Å²) < 4.78 is 21.9. The van der Waals surface area contributed by atoms with Crippen LogP contribution in [0, 0.1) is 27.7 Å². The summed E-state index contributed by atoms with van der Waals surface area (Å²) in [5, 5.41) is 8.13. The third-order valence-corrected chi connectivity index (χ3v) is 20.4. The van der Waals surface area contributed by atoms with Crippen LogP contribution in [0.2, 0.25) is 0 Å². The normalized spacial score (nSPS) is 12.5. The molecule has 0 spiro atoms. The van der Waals surface area contributed by atoms with Crippen molar-refractivity contribution < 1.29 is 9.05 Å². The summed E-state index contributed by atoms with van der Waals surface area (Å²) in [5.74, 6) is 2.42. The first-order valence-electron chi connectivity index (χ1n) is 36.4. The molecule has 19 aromatic rings. The van der Waals surface area contributed by atoms with E-state index >= 15 is 0 Å². The van der Waals surface area contributed by atoms with Crippen LogP contribution >= 0.6 is 47.8 Å².